The molecule has 4 heterocycles. The third-order valence-electron chi connectivity index (χ3n) is 6.11. The zero-order valence-corrected chi connectivity index (χ0v) is 15.8. The summed E-state index contributed by atoms with van der Waals surface area (Å²) in [5.74, 6) is 2.17. The Bertz CT molecular complexity index is 783. The van der Waals surface area contributed by atoms with E-state index in [2.05, 4.69) is 10.2 Å². The van der Waals surface area contributed by atoms with Gasteiger partial charge in [0.15, 0.2) is 5.82 Å². The van der Waals surface area contributed by atoms with Crippen molar-refractivity contribution >= 4 is 22.2 Å². The summed E-state index contributed by atoms with van der Waals surface area (Å²) in [6.07, 6.45) is 8.61. The number of likely N-dealkylation sites (tertiary alicyclic amines) is 1. The highest BCUT2D eigenvalue weighted by Crippen LogP contribution is 2.36. The number of ether oxygens (including phenoxy) is 1. The average molecular weight is 375 g/mol. The molecule has 140 valence electrons. The van der Waals surface area contributed by atoms with Crippen molar-refractivity contribution < 1.29 is 9.53 Å². The van der Waals surface area contributed by atoms with Gasteiger partial charge in [0.1, 0.15) is 11.1 Å². The molecule has 2 aromatic rings. The number of rotatable bonds is 3. The van der Waals surface area contributed by atoms with Gasteiger partial charge in [0.05, 0.1) is 0 Å². The minimum absolute atomic E-state index is 0.183. The van der Waals surface area contributed by atoms with Gasteiger partial charge in [0.25, 0.3) is 5.91 Å². The van der Waals surface area contributed by atoms with E-state index in [1.165, 1.54) is 25.7 Å². The van der Waals surface area contributed by atoms with Crippen LogP contribution < -0.4 is 0 Å². The average Bonchev–Trinajstić information content (AvgIpc) is 3.45. The molecule has 7 nitrogen and oxygen atoms in total. The van der Waals surface area contributed by atoms with Crippen LogP contribution in [0.4, 0.5) is 0 Å². The van der Waals surface area contributed by atoms with Crippen LogP contribution >= 0.6 is 11.3 Å². The van der Waals surface area contributed by atoms with E-state index in [1.807, 2.05) is 9.42 Å². The van der Waals surface area contributed by atoms with Crippen LogP contribution in [0.3, 0.4) is 0 Å². The van der Waals surface area contributed by atoms with E-state index in [9.17, 15) is 4.79 Å². The van der Waals surface area contributed by atoms with Gasteiger partial charge in [0.2, 0.25) is 4.96 Å². The molecule has 0 aromatic carbocycles. The molecule has 0 N–H and O–H groups in total. The Morgan fingerprint density at radius 1 is 1.00 bits per heavy atom. The quantitative estimate of drug-likeness (QED) is 0.825. The molecule has 0 radical (unpaired) electrons. The Kier molecular flexibility index (Phi) is 4.40. The first-order valence-electron chi connectivity index (χ1n) is 9.92. The standard InChI is InChI=1S/C18H25N5O2S/c24-17(14-6-3-11-25-14)22-9-7-13(8-10-22)16-21-23-15(12-4-1-2-5-12)19-20-18(23)26-16/h12-14H,1-11H2/t14-/m0/s1. The lowest BCUT2D eigenvalue weighted by Gasteiger charge is -2.32. The lowest BCUT2D eigenvalue weighted by atomic mass is 9.97. The van der Waals surface area contributed by atoms with Crippen molar-refractivity contribution in [3.05, 3.63) is 10.8 Å². The lowest BCUT2D eigenvalue weighted by molar-refractivity contribution is -0.142. The molecular weight excluding hydrogens is 350 g/mol. The molecule has 0 bridgehead atoms. The van der Waals surface area contributed by atoms with Crippen LogP contribution in [0, 0.1) is 0 Å². The number of fused-ring (bicyclic) bond motifs is 1. The van der Waals surface area contributed by atoms with Gasteiger partial charge in [-0.3, -0.25) is 4.79 Å². The second-order valence-corrected chi connectivity index (χ2v) is 8.76. The number of carbonyl (C=O) groups is 1. The molecule has 1 atom stereocenters. The third-order valence-corrected chi connectivity index (χ3v) is 7.17. The first-order chi connectivity index (χ1) is 12.8. The number of aromatic nitrogens is 4. The number of amides is 1. The van der Waals surface area contributed by atoms with Gasteiger partial charge in [-0.25, -0.2) is 0 Å². The highest BCUT2D eigenvalue weighted by atomic mass is 32.1. The highest BCUT2D eigenvalue weighted by Gasteiger charge is 2.32. The Labute approximate surface area is 156 Å². The maximum absolute atomic E-state index is 12.5. The molecule has 5 rings (SSSR count). The van der Waals surface area contributed by atoms with Crippen molar-refractivity contribution in [3.63, 3.8) is 0 Å². The fraction of sp³-hybridized carbons (Fsp3) is 0.778. The van der Waals surface area contributed by atoms with Crippen molar-refractivity contribution in [3.8, 4) is 0 Å². The maximum atomic E-state index is 12.5. The predicted octanol–water partition coefficient (Wildman–Crippen LogP) is 2.73. The predicted molar refractivity (Wildman–Crippen MR) is 97.4 cm³/mol. The van der Waals surface area contributed by atoms with E-state index in [-0.39, 0.29) is 12.0 Å². The van der Waals surface area contributed by atoms with Crippen molar-refractivity contribution in [2.75, 3.05) is 19.7 Å². The topological polar surface area (TPSA) is 72.6 Å². The summed E-state index contributed by atoms with van der Waals surface area (Å²) in [6, 6.07) is 0. The van der Waals surface area contributed by atoms with Gasteiger partial charge in [-0.05, 0) is 38.5 Å². The molecular formula is C18H25N5O2S. The van der Waals surface area contributed by atoms with Crippen LogP contribution in [0.1, 0.15) is 74.0 Å². The fourth-order valence-corrected chi connectivity index (χ4v) is 5.59. The van der Waals surface area contributed by atoms with Crippen molar-refractivity contribution in [2.24, 2.45) is 0 Å². The minimum Gasteiger partial charge on any atom is -0.368 e. The zero-order chi connectivity index (χ0) is 17.5. The lowest BCUT2D eigenvalue weighted by Crippen LogP contribution is -2.43. The molecule has 1 aliphatic carbocycles. The van der Waals surface area contributed by atoms with E-state index in [0.717, 1.165) is 61.2 Å². The Balaban J connectivity index is 1.27. The number of hydrogen-bond donors (Lipinski definition) is 0. The van der Waals surface area contributed by atoms with E-state index in [0.29, 0.717) is 11.8 Å². The van der Waals surface area contributed by atoms with Crippen LogP contribution in [-0.2, 0) is 9.53 Å². The van der Waals surface area contributed by atoms with Crippen molar-refractivity contribution in [1.82, 2.24) is 24.7 Å². The van der Waals surface area contributed by atoms with Gasteiger partial charge in [-0.15, -0.1) is 10.2 Å². The summed E-state index contributed by atoms with van der Waals surface area (Å²) in [5.41, 5.74) is 0. The van der Waals surface area contributed by atoms with Crippen LogP contribution in [0.25, 0.3) is 4.96 Å². The second kappa shape index (κ2) is 6.88. The molecule has 8 heteroatoms. The first-order valence-corrected chi connectivity index (χ1v) is 10.7. The van der Waals surface area contributed by atoms with E-state index in [4.69, 9.17) is 9.84 Å². The van der Waals surface area contributed by atoms with Crippen molar-refractivity contribution in [2.45, 2.75) is 69.3 Å². The summed E-state index contributed by atoms with van der Waals surface area (Å²) < 4.78 is 7.54. The van der Waals surface area contributed by atoms with Gasteiger partial charge in [-0.2, -0.15) is 9.61 Å². The molecule has 2 aromatic heterocycles. The maximum Gasteiger partial charge on any atom is 0.251 e. The Morgan fingerprint density at radius 2 is 1.81 bits per heavy atom. The van der Waals surface area contributed by atoms with E-state index < -0.39 is 0 Å². The molecule has 3 fully saturated rings. The Morgan fingerprint density at radius 3 is 2.54 bits per heavy atom. The largest absolute Gasteiger partial charge is 0.368 e. The zero-order valence-electron chi connectivity index (χ0n) is 15.0. The molecule has 2 saturated heterocycles. The monoisotopic (exact) mass is 375 g/mol. The molecule has 26 heavy (non-hydrogen) atoms. The molecule has 3 aliphatic rings. The normalized spacial score (nSPS) is 25.5. The summed E-state index contributed by atoms with van der Waals surface area (Å²) in [5, 5.41) is 14.8. The third kappa shape index (κ3) is 2.93. The summed E-state index contributed by atoms with van der Waals surface area (Å²) in [7, 11) is 0. The second-order valence-electron chi connectivity index (χ2n) is 7.78. The number of hydrogen-bond acceptors (Lipinski definition) is 6. The highest BCUT2D eigenvalue weighted by molar-refractivity contribution is 7.16. The molecule has 0 unspecified atom stereocenters. The van der Waals surface area contributed by atoms with Crippen LogP contribution in [0.15, 0.2) is 0 Å². The molecule has 1 saturated carbocycles. The molecule has 1 amide bonds. The van der Waals surface area contributed by atoms with Gasteiger partial charge in [0, 0.05) is 31.5 Å². The number of nitrogens with zero attached hydrogens (tertiary/aromatic N) is 5. The SMILES string of the molecule is O=C([C@@H]1CCCO1)N1CCC(c2nn3c(C4CCCC4)nnc3s2)CC1. The fourth-order valence-electron chi connectivity index (χ4n) is 4.57. The number of piperidine rings is 1. The molecule has 2 aliphatic heterocycles. The number of carbonyl (C=O) groups excluding carboxylic acids is 1. The summed E-state index contributed by atoms with van der Waals surface area (Å²) in [4.78, 5) is 15.4. The minimum atomic E-state index is -0.199. The van der Waals surface area contributed by atoms with Crippen LogP contribution in [-0.4, -0.2) is 56.4 Å². The van der Waals surface area contributed by atoms with Gasteiger partial charge in [-0.1, -0.05) is 24.2 Å². The Hall–Kier alpha value is -1.54. The van der Waals surface area contributed by atoms with E-state index in [1.54, 1.807) is 11.3 Å². The first kappa shape index (κ1) is 16.6. The van der Waals surface area contributed by atoms with Gasteiger partial charge >= 0.3 is 0 Å². The van der Waals surface area contributed by atoms with Crippen LogP contribution in [0.5, 0.6) is 0 Å². The van der Waals surface area contributed by atoms with Gasteiger partial charge < -0.3 is 9.64 Å². The van der Waals surface area contributed by atoms with Crippen LogP contribution in [0.2, 0.25) is 0 Å². The van der Waals surface area contributed by atoms with Crippen molar-refractivity contribution in [1.29, 1.82) is 0 Å². The summed E-state index contributed by atoms with van der Waals surface area (Å²) in [6.45, 7) is 2.33. The van der Waals surface area contributed by atoms with E-state index >= 15 is 0 Å². The molecule has 0 spiro atoms. The summed E-state index contributed by atoms with van der Waals surface area (Å²) >= 11 is 1.67. The smallest absolute Gasteiger partial charge is 0.251 e.